The van der Waals surface area contributed by atoms with Gasteiger partial charge in [0.25, 0.3) is 0 Å². The van der Waals surface area contributed by atoms with Gasteiger partial charge in [0.15, 0.2) is 6.29 Å². The van der Waals surface area contributed by atoms with Crippen molar-refractivity contribution >= 4 is 17.7 Å². The van der Waals surface area contributed by atoms with Crippen LogP contribution < -0.4 is 5.32 Å². The number of hydrogen-bond acceptors (Lipinski definition) is 6. The van der Waals surface area contributed by atoms with Crippen LogP contribution in [0, 0.1) is 0 Å². The van der Waals surface area contributed by atoms with Crippen LogP contribution in [0.1, 0.15) is 48.0 Å². The van der Waals surface area contributed by atoms with Gasteiger partial charge in [-0.05, 0) is 16.7 Å². The number of amides is 1. The minimum absolute atomic E-state index is 0.00174. The molecule has 1 fully saturated rings. The molecule has 1 aliphatic heterocycles. The smallest absolute Gasteiger partial charge is 0.217 e. The van der Waals surface area contributed by atoms with Gasteiger partial charge in [0.05, 0.1) is 25.4 Å². The van der Waals surface area contributed by atoms with E-state index in [0.717, 1.165) is 34.4 Å². The minimum Gasteiger partial charge on any atom is -0.396 e. The van der Waals surface area contributed by atoms with Gasteiger partial charge in [-0.15, -0.1) is 0 Å². The lowest BCUT2D eigenvalue weighted by molar-refractivity contribution is -0.245. The van der Waals surface area contributed by atoms with Crippen LogP contribution >= 0.6 is 11.8 Å². The number of carbonyl (C=O) groups is 1. The predicted molar refractivity (Wildman–Crippen MR) is 117 cm³/mol. The Morgan fingerprint density at radius 3 is 2.33 bits per heavy atom. The highest BCUT2D eigenvalue weighted by molar-refractivity contribution is 7.99. The molecule has 3 atom stereocenters. The molecule has 162 valence electrons. The van der Waals surface area contributed by atoms with Crippen molar-refractivity contribution in [2.75, 3.05) is 18.1 Å². The summed E-state index contributed by atoms with van der Waals surface area (Å²) in [5.74, 6) is 1.40. The molecule has 30 heavy (non-hydrogen) atoms. The maximum atomic E-state index is 11.1. The van der Waals surface area contributed by atoms with E-state index in [1.54, 1.807) is 11.8 Å². The van der Waals surface area contributed by atoms with Crippen LogP contribution in [0.4, 0.5) is 0 Å². The van der Waals surface area contributed by atoms with Gasteiger partial charge in [-0.25, -0.2) is 0 Å². The van der Waals surface area contributed by atoms with Crippen molar-refractivity contribution in [1.82, 2.24) is 5.32 Å². The fourth-order valence-corrected chi connectivity index (χ4v) is 4.09. The number of thioether (sulfide) groups is 1. The van der Waals surface area contributed by atoms with Crippen LogP contribution in [-0.2, 0) is 27.4 Å². The summed E-state index contributed by atoms with van der Waals surface area (Å²) < 4.78 is 12.5. The van der Waals surface area contributed by atoms with Crippen molar-refractivity contribution in [2.45, 2.75) is 45.0 Å². The van der Waals surface area contributed by atoms with Crippen molar-refractivity contribution in [1.29, 1.82) is 0 Å². The Balaban J connectivity index is 1.73. The molecule has 0 spiro atoms. The Bertz CT molecular complexity index is 796. The van der Waals surface area contributed by atoms with Gasteiger partial charge < -0.3 is 25.0 Å². The van der Waals surface area contributed by atoms with Crippen molar-refractivity contribution < 1.29 is 24.5 Å². The van der Waals surface area contributed by atoms with Gasteiger partial charge in [0.1, 0.15) is 0 Å². The molecule has 0 bridgehead atoms. The van der Waals surface area contributed by atoms with E-state index in [-0.39, 0.29) is 31.3 Å². The molecule has 1 aliphatic rings. The highest BCUT2D eigenvalue weighted by Crippen LogP contribution is 2.38. The normalized spacial score (nSPS) is 21.4. The van der Waals surface area contributed by atoms with Gasteiger partial charge in [-0.1, -0.05) is 48.5 Å². The number of aliphatic hydroxyl groups is 2. The van der Waals surface area contributed by atoms with E-state index in [0.29, 0.717) is 12.3 Å². The number of nitrogens with one attached hydrogen (secondary N) is 1. The first kappa shape index (κ1) is 22.8. The largest absolute Gasteiger partial charge is 0.396 e. The summed E-state index contributed by atoms with van der Waals surface area (Å²) in [6.07, 6.45) is 0.126. The van der Waals surface area contributed by atoms with E-state index in [2.05, 4.69) is 5.32 Å². The topological polar surface area (TPSA) is 88.0 Å². The predicted octanol–water partition coefficient (Wildman–Crippen LogP) is 3.09. The van der Waals surface area contributed by atoms with Crippen molar-refractivity contribution in [3.05, 3.63) is 70.8 Å². The second-order valence-electron chi connectivity index (χ2n) is 7.30. The van der Waals surface area contributed by atoms with Crippen molar-refractivity contribution in [3.8, 4) is 0 Å². The van der Waals surface area contributed by atoms with E-state index in [9.17, 15) is 9.90 Å². The molecule has 0 saturated carbocycles. The third kappa shape index (κ3) is 6.55. The lowest BCUT2D eigenvalue weighted by Crippen LogP contribution is -2.31. The lowest BCUT2D eigenvalue weighted by Gasteiger charge is -2.36. The van der Waals surface area contributed by atoms with Crippen molar-refractivity contribution in [2.24, 2.45) is 0 Å². The zero-order valence-corrected chi connectivity index (χ0v) is 17.9. The number of hydrogen-bond donors (Lipinski definition) is 3. The standard InChI is InChI=1S/C23H29NO5S/c1-16(27)24-13-17-2-8-20(9-3-17)23-28-21(15-30-11-10-25)12-22(29-23)19-6-4-18(14-26)5-7-19/h2-9,21-23,25-26H,10-15H2,1H3,(H,24,27)/t21-,22+,23+/m1/s1. The highest BCUT2D eigenvalue weighted by Gasteiger charge is 2.32. The van der Waals surface area contributed by atoms with Gasteiger partial charge in [0.2, 0.25) is 5.91 Å². The highest BCUT2D eigenvalue weighted by atomic mass is 32.2. The van der Waals surface area contributed by atoms with Crippen LogP contribution in [-0.4, -0.2) is 40.3 Å². The maximum Gasteiger partial charge on any atom is 0.217 e. The van der Waals surface area contributed by atoms with Crippen LogP contribution in [0.15, 0.2) is 48.5 Å². The quantitative estimate of drug-likeness (QED) is 0.529. The SMILES string of the molecule is CC(=O)NCc1ccc([C@H]2O[C@@H](CSCCO)C[C@@H](c3ccc(CO)cc3)O2)cc1. The van der Waals surface area contributed by atoms with Gasteiger partial charge in [-0.3, -0.25) is 4.79 Å². The molecule has 3 N–H and O–H groups in total. The summed E-state index contributed by atoms with van der Waals surface area (Å²) in [5, 5.41) is 21.2. The fourth-order valence-electron chi connectivity index (χ4n) is 3.32. The van der Waals surface area contributed by atoms with E-state index in [1.165, 1.54) is 6.92 Å². The Morgan fingerprint density at radius 2 is 1.70 bits per heavy atom. The molecule has 0 aromatic heterocycles. The second kappa shape index (κ2) is 11.5. The van der Waals surface area contributed by atoms with E-state index >= 15 is 0 Å². The molecule has 0 radical (unpaired) electrons. The molecule has 1 amide bonds. The third-order valence-electron chi connectivity index (χ3n) is 4.95. The van der Waals surface area contributed by atoms with Gasteiger partial charge in [-0.2, -0.15) is 11.8 Å². The average Bonchev–Trinajstić information content (AvgIpc) is 2.78. The molecular weight excluding hydrogens is 402 g/mol. The summed E-state index contributed by atoms with van der Waals surface area (Å²) in [6.45, 7) is 2.16. The minimum atomic E-state index is -0.490. The first-order valence-electron chi connectivity index (χ1n) is 10.1. The molecule has 7 heteroatoms. The van der Waals surface area contributed by atoms with Gasteiger partial charge in [0, 0.05) is 37.0 Å². The fraction of sp³-hybridized carbons (Fsp3) is 0.435. The van der Waals surface area contributed by atoms with Crippen LogP contribution in [0.5, 0.6) is 0 Å². The van der Waals surface area contributed by atoms with E-state index < -0.39 is 6.29 Å². The Kier molecular flexibility index (Phi) is 8.72. The van der Waals surface area contributed by atoms with Crippen LogP contribution in [0.25, 0.3) is 0 Å². The molecule has 6 nitrogen and oxygen atoms in total. The molecule has 0 aliphatic carbocycles. The zero-order chi connectivity index (χ0) is 21.3. The Morgan fingerprint density at radius 1 is 1.03 bits per heavy atom. The maximum absolute atomic E-state index is 11.1. The molecule has 2 aromatic rings. The first-order valence-corrected chi connectivity index (χ1v) is 11.3. The van der Waals surface area contributed by atoms with E-state index in [1.807, 2.05) is 48.5 Å². The summed E-state index contributed by atoms with van der Waals surface area (Å²) in [6, 6.07) is 15.7. The Labute approximate surface area is 181 Å². The number of aliphatic hydroxyl groups excluding tert-OH is 2. The molecule has 1 saturated heterocycles. The lowest BCUT2D eigenvalue weighted by atomic mass is 10.0. The van der Waals surface area contributed by atoms with Gasteiger partial charge >= 0.3 is 0 Å². The molecule has 0 unspecified atom stereocenters. The molecular formula is C23H29NO5S. The van der Waals surface area contributed by atoms with Crippen LogP contribution in [0.3, 0.4) is 0 Å². The average molecular weight is 432 g/mol. The summed E-state index contributed by atoms with van der Waals surface area (Å²) >= 11 is 1.67. The third-order valence-corrected chi connectivity index (χ3v) is 6.03. The summed E-state index contributed by atoms with van der Waals surface area (Å²) in [4.78, 5) is 11.1. The first-order chi connectivity index (χ1) is 14.6. The van der Waals surface area contributed by atoms with Crippen molar-refractivity contribution in [3.63, 3.8) is 0 Å². The monoisotopic (exact) mass is 431 g/mol. The summed E-state index contributed by atoms with van der Waals surface area (Å²) in [5.41, 5.74) is 3.86. The molecule has 2 aromatic carbocycles. The van der Waals surface area contributed by atoms with Crippen LogP contribution in [0.2, 0.25) is 0 Å². The second-order valence-corrected chi connectivity index (χ2v) is 8.45. The molecule has 3 rings (SSSR count). The zero-order valence-electron chi connectivity index (χ0n) is 17.1. The summed E-state index contributed by atoms with van der Waals surface area (Å²) in [7, 11) is 0. The number of ether oxygens (including phenoxy) is 2. The Hall–Kier alpha value is -1.90. The number of benzene rings is 2. The number of carbonyl (C=O) groups excluding carboxylic acids is 1. The van der Waals surface area contributed by atoms with E-state index in [4.69, 9.17) is 14.6 Å². The molecule has 1 heterocycles. The number of rotatable bonds is 9.